The third-order valence-corrected chi connectivity index (χ3v) is 2.19. The molecule has 0 fully saturated rings. The summed E-state index contributed by atoms with van der Waals surface area (Å²) in [6.07, 6.45) is 0. The molecular formula is C14H32NO3+. The van der Waals surface area contributed by atoms with E-state index in [9.17, 15) is 0 Å². The van der Waals surface area contributed by atoms with Gasteiger partial charge in [0.25, 0.3) is 0 Å². The maximum absolute atomic E-state index is 5.50. The summed E-state index contributed by atoms with van der Waals surface area (Å²) in [5, 5.41) is 0. The van der Waals surface area contributed by atoms with E-state index in [1.807, 2.05) is 0 Å². The Bertz CT molecular complexity index is 172. The van der Waals surface area contributed by atoms with E-state index >= 15 is 0 Å². The molecule has 4 nitrogen and oxygen atoms in total. The molecule has 18 heavy (non-hydrogen) atoms. The summed E-state index contributed by atoms with van der Waals surface area (Å²) in [6, 6.07) is 0. The highest BCUT2D eigenvalue weighted by Gasteiger charge is 2.09. The van der Waals surface area contributed by atoms with Crippen LogP contribution < -0.4 is 0 Å². The van der Waals surface area contributed by atoms with Gasteiger partial charge >= 0.3 is 0 Å². The van der Waals surface area contributed by atoms with Gasteiger partial charge in [0.15, 0.2) is 0 Å². The number of ether oxygens (including phenoxy) is 3. The largest absolute Gasteiger partial charge is 0.379 e. The van der Waals surface area contributed by atoms with Crippen molar-refractivity contribution in [3.8, 4) is 0 Å². The lowest BCUT2D eigenvalue weighted by Crippen LogP contribution is -2.37. The Hall–Kier alpha value is -0.160. The molecule has 4 heteroatoms. The average molecular weight is 262 g/mol. The highest BCUT2D eigenvalue weighted by Crippen LogP contribution is 2.12. The number of quaternary nitrogens is 1. The highest BCUT2D eigenvalue weighted by atomic mass is 16.5. The SMILES string of the molecule is CC(C)(C)COCCOCCOCC[N+](C)(C)C. The molecule has 0 unspecified atom stereocenters. The summed E-state index contributed by atoms with van der Waals surface area (Å²) in [6.45, 7) is 11.7. The van der Waals surface area contributed by atoms with Gasteiger partial charge < -0.3 is 18.7 Å². The Labute approximate surface area is 113 Å². The Morgan fingerprint density at radius 3 is 1.61 bits per heavy atom. The van der Waals surface area contributed by atoms with Gasteiger partial charge in [0.1, 0.15) is 6.54 Å². The zero-order valence-corrected chi connectivity index (χ0v) is 13.1. The monoisotopic (exact) mass is 262 g/mol. The molecule has 0 N–H and O–H groups in total. The summed E-state index contributed by atoms with van der Waals surface area (Å²) < 4.78 is 17.3. The van der Waals surface area contributed by atoms with E-state index < -0.39 is 0 Å². The lowest BCUT2D eigenvalue weighted by atomic mass is 9.99. The molecule has 0 aliphatic heterocycles. The van der Waals surface area contributed by atoms with Crippen LogP contribution in [-0.2, 0) is 14.2 Å². The van der Waals surface area contributed by atoms with Crippen molar-refractivity contribution in [2.24, 2.45) is 5.41 Å². The number of nitrogens with zero attached hydrogens (tertiary/aromatic N) is 1. The van der Waals surface area contributed by atoms with Crippen molar-refractivity contribution in [1.82, 2.24) is 0 Å². The number of hydrogen-bond acceptors (Lipinski definition) is 3. The Morgan fingerprint density at radius 2 is 1.17 bits per heavy atom. The molecule has 0 atom stereocenters. The van der Waals surface area contributed by atoms with Gasteiger partial charge in [-0.1, -0.05) is 20.8 Å². The first-order chi connectivity index (χ1) is 8.21. The van der Waals surface area contributed by atoms with Crippen molar-refractivity contribution in [3.05, 3.63) is 0 Å². The molecular weight excluding hydrogens is 230 g/mol. The smallest absolute Gasteiger partial charge is 0.102 e. The topological polar surface area (TPSA) is 27.7 Å². The van der Waals surface area contributed by atoms with Gasteiger partial charge in [0.2, 0.25) is 0 Å². The van der Waals surface area contributed by atoms with Crippen LogP contribution in [0.4, 0.5) is 0 Å². The van der Waals surface area contributed by atoms with Crippen LogP contribution >= 0.6 is 0 Å². The van der Waals surface area contributed by atoms with Crippen molar-refractivity contribution >= 4 is 0 Å². The number of likely N-dealkylation sites (N-methyl/N-ethyl adjacent to an activating group) is 1. The Morgan fingerprint density at radius 1 is 0.722 bits per heavy atom. The van der Waals surface area contributed by atoms with Crippen molar-refractivity contribution in [2.75, 3.05) is 67.3 Å². The van der Waals surface area contributed by atoms with Crippen LogP contribution in [0.3, 0.4) is 0 Å². The molecule has 0 amide bonds. The third kappa shape index (κ3) is 15.8. The van der Waals surface area contributed by atoms with E-state index in [1.54, 1.807) is 0 Å². The van der Waals surface area contributed by atoms with Crippen LogP contribution in [0, 0.1) is 5.41 Å². The Kier molecular flexibility index (Phi) is 8.78. The van der Waals surface area contributed by atoms with Gasteiger partial charge in [-0.3, -0.25) is 0 Å². The first-order valence-corrected chi connectivity index (χ1v) is 6.74. The quantitative estimate of drug-likeness (QED) is 0.444. The molecule has 0 heterocycles. The first-order valence-electron chi connectivity index (χ1n) is 6.74. The van der Waals surface area contributed by atoms with Gasteiger partial charge in [-0.25, -0.2) is 0 Å². The van der Waals surface area contributed by atoms with E-state index in [4.69, 9.17) is 14.2 Å². The van der Waals surface area contributed by atoms with Gasteiger partial charge in [0.05, 0.1) is 60.8 Å². The molecule has 0 aliphatic rings. The van der Waals surface area contributed by atoms with E-state index in [0.29, 0.717) is 26.4 Å². The second-order valence-electron chi connectivity index (χ2n) is 6.85. The fourth-order valence-corrected chi connectivity index (χ4v) is 1.16. The maximum atomic E-state index is 5.50. The predicted molar refractivity (Wildman–Crippen MR) is 74.8 cm³/mol. The van der Waals surface area contributed by atoms with Crippen molar-refractivity contribution < 1.29 is 18.7 Å². The van der Waals surface area contributed by atoms with Crippen LogP contribution in [0.15, 0.2) is 0 Å². The minimum atomic E-state index is 0.230. The number of hydrogen-bond donors (Lipinski definition) is 0. The molecule has 0 spiro atoms. The molecule has 0 radical (unpaired) electrons. The standard InChI is InChI=1S/C14H32NO3/c1-14(2,3)13-18-12-11-17-10-9-16-8-7-15(4,5)6/h7-13H2,1-6H3/q+1. The van der Waals surface area contributed by atoms with Crippen LogP contribution in [0.1, 0.15) is 20.8 Å². The average Bonchev–Trinajstić information content (AvgIpc) is 2.17. The third-order valence-electron chi connectivity index (χ3n) is 2.19. The van der Waals surface area contributed by atoms with Gasteiger partial charge in [0, 0.05) is 0 Å². The Balaban J connectivity index is 3.13. The second kappa shape index (κ2) is 8.86. The van der Waals surface area contributed by atoms with Gasteiger partial charge in [-0.2, -0.15) is 0 Å². The lowest BCUT2D eigenvalue weighted by Gasteiger charge is -2.23. The lowest BCUT2D eigenvalue weighted by molar-refractivity contribution is -0.870. The molecule has 0 saturated carbocycles. The summed E-state index contributed by atoms with van der Waals surface area (Å²) in [7, 11) is 6.48. The molecule has 0 saturated heterocycles. The highest BCUT2D eigenvalue weighted by molar-refractivity contribution is 4.58. The number of rotatable bonds is 10. The van der Waals surface area contributed by atoms with E-state index in [2.05, 4.69) is 41.9 Å². The van der Waals surface area contributed by atoms with Crippen molar-refractivity contribution in [2.45, 2.75) is 20.8 Å². The minimum Gasteiger partial charge on any atom is -0.379 e. The molecule has 0 aromatic carbocycles. The van der Waals surface area contributed by atoms with Crippen molar-refractivity contribution in [3.63, 3.8) is 0 Å². The predicted octanol–water partition coefficient (Wildman–Crippen LogP) is 1.79. The molecule has 0 bridgehead atoms. The molecule has 0 aromatic rings. The zero-order valence-electron chi connectivity index (χ0n) is 13.1. The summed E-state index contributed by atoms with van der Waals surface area (Å²) in [5.74, 6) is 0. The van der Waals surface area contributed by atoms with Gasteiger partial charge in [-0.15, -0.1) is 0 Å². The molecule has 0 aromatic heterocycles. The minimum absolute atomic E-state index is 0.230. The van der Waals surface area contributed by atoms with Crippen LogP contribution in [-0.4, -0.2) is 71.8 Å². The molecule has 0 rings (SSSR count). The normalized spacial score (nSPS) is 13.0. The van der Waals surface area contributed by atoms with Crippen LogP contribution in [0.25, 0.3) is 0 Å². The van der Waals surface area contributed by atoms with E-state index in [0.717, 1.165) is 24.2 Å². The summed E-state index contributed by atoms with van der Waals surface area (Å²) >= 11 is 0. The molecule has 0 aliphatic carbocycles. The summed E-state index contributed by atoms with van der Waals surface area (Å²) in [5.41, 5.74) is 0.230. The summed E-state index contributed by atoms with van der Waals surface area (Å²) in [4.78, 5) is 0. The van der Waals surface area contributed by atoms with Crippen molar-refractivity contribution in [1.29, 1.82) is 0 Å². The van der Waals surface area contributed by atoms with Gasteiger partial charge in [-0.05, 0) is 5.41 Å². The first kappa shape index (κ1) is 17.8. The maximum Gasteiger partial charge on any atom is 0.102 e. The molecule has 110 valence electrons. The van der Waals surface area contributed by atoms with Crippen LogP contribution in [0.5, 0.6) is 0 Å². The fourth-order valence-electron chi connectivity index (χ4n) is 1.16. The van der Waals surface area contributed by atoms with Crippen LogP contribution in [0.2, 0.25) is 0 Å². The zero-order chi connectivity index (χ0) is 14.1. The van der Waals surface area contributed by atoms with E-state index in [1.165, 1.54) is 0 Å². The van der Waals surface area contributed by atoms with E-state index in [-0.39, 0.29) is 5.41 Å². The fraction of sp³-hybridized carbons (Fsp3) is 1.00. The second-order valence-corrected chi connectivity index (χ2v) is 6.85.